The predicted octanol–water partition coefficient (Wildman–Crippen LogP) is 3.25. The summed E-state index contributed by atoms with van der Waals surface area (Å²) in [5, 5.41) is 20.2. The molecule has 0 unspecified atom stereocenters. The van der Waals surface area contributed by atoms with Gasteiger partial charge < -0.3 is 5.32 Å². The molecule has 1 N–H and O–H groups in total. The van der Waals surface area contributed by atoms with Gasteiger partial charge in [0.25, 0.3) is 11.6 Å². The molecule has 0 aliphatic carbocycles. The monoisotopic (exact) mass is 326 g/mol. The van der Waals surface area contributed by atoms with Gasteiger partial charge in [0, 0.05) is 12.1 Å². The summed E-state index contributed by atoms with van der Waals surface area (Å²) in [5.74, 6) is -0.583. The van der Waals surface area contributed by atoms with Gasteiger partial charge in [0.15, 0.2) is 10.3 Å². The van der Waals surface area contributed by atoms with Crippen LogP contribution < -0.4 is 5.32 Å². The van der Waals surface area contributed by atoms with Crippen LogP contribution in [-0.4, -0.2) is 21.0 Å². The second-order valence-electron chi connectivity index (χ2n) is 4.08. The van der Waals surface area contributed by atoms with Crippen molar-refractivity contribution in [1.82, 2.24) is 10.2 Å². The number of nitro benzene ring substituents is 1. The van der Waals surface area contributed by atoms with Crippen LogP contribution in [0.3, 0.4) is 0 Å². The van der Waals surface area contributed by atoms with Crippen LogP contribution in [0.5, 0.6) is 0 Å². The normalized spacial score (nSPS) is 10.2. The molecule has 1 aromatic carbocycles. The molecule has 1 amide bonds. The zero-order chi connectivity index (χ0) is 15.6. The van der Waals surface area contributed by atoms with Crippen LogP contribution in [0, 0.1) is 17.0 Å². The van der Waals surface area contributed by atoms with E-state index < -0.39 is 10.8 Å². The number of halogens is 2. The number of nitro groups is 1. The molecule has 2 aromatic rings. The zero-order valence-corrected chi connectivity index (χ0v) is 12.1. The second-order valence-corrected chi connectivity index (χ2v) is 4.83. The molecule has 7 nitrogen and oxygen atoms in total. The van der Waals surface area contributed by atoms with Crippen LogP contribution >= 0.6 is 23.2 Å². The van der Waals surface area contributed by atoms with Crippen molar-refractivity contribution >= 4 is 40.5 Å². The molecule has 0 bridgehead atoms. The first-order valence-corrected chi connectivity index (χ1v) is 6.39. The highest BCUT2D eigenvalue weighted by atomic mass is 35.5. The molecule has 21 heavy (non-hydrogen) atoms. The Morgan fingerprint density at radius 3 is 2.67 bits per heavy atom. The summed E-state index contributed by atoms with van der Waals surface area (Å²) in [7, 11) is 0. The summed E-state index contributed by atoms with van der Waals surface area (Å²) in [6.07, 6.45) is 0. The average molecular weight is 327 g/mol. The third-order valence-electron chi connectivity index (χ3n) is 2.64. The minimum Gasteiger partial charge on any atom is -0.321 e. The molecule has 9 heteroatoms. The van der Waals surface area contributed by atoms with E-state index in [1.807, 2.05) is 0 Å². The SMILES string of the molecule is Cc1ccc([N+](=O)[O-])cc1NC(=O)c1cc(Cl)nnc1Cl. The van der Waals surface area contributed by atoms with Crippen molar-refractivity contribution in [3.63, 3.8) is 0 Å². The molecule has 0 aliphatic heterocycles. The lowest BCUT2D eigenvalue weighted by atomic mass is 10.1. The number of amides is 1. The van der Waals surface area contributed by atoms with Crippen molar-refractivity contribution in [2.24, 2.45) is 0 Å². The van der Waals surface area contributed by atoms with Gasteiger partial charge in [-0.15, -0.1) is 10.2 Å². The van der Waals surface area contributed by atoms with E-state index in [4.69, 9.17) is 23.2 Å². The lowest BCUT2D eigenvalue weighted by Crippen LogP contribution is -2.14. The van der Waals surface area contributed by atoms with Crippen molar-refractivity contribution < 1.29 is 9.72 Å². The molecule has 0 atom stereocenters. The Labute approximate surface area is 129 Å². The van der Waals surface area contributed by atoms with Gasteiger partial charge in [-0.05, 0) is 18.6 Å². The third kappa shape index (κ3) is 3.45. The number of hydrogen-bond donors (Lipinski definition) is 1. The number of aryl methyl sites for hydroxylation is 1. The Hall–Kier alpha value is -2.25. The molecular weight excluding hydrogens is 319 g/mol. The maximum Gasteiger partial charge on any atom is 0.271 e. The van der Waals surface area contributed by atoms with Gasteiger partial charge in [0.2, 0.25) is 0 Å². The number of hydrogen-bond acceptors (Lipinski definition) is 5. The number of anilines is 1. The Bertz CT molecular complexity index is 736. The van der Waals surface area contributed by atoms with E-state index in [1.54, 1.807) is 6.92 Å². The minimum absolute atomic E-state index is 0.0142. The van der Waals surface area contributed by atoms with Gasteiger partial charge in [-0.1, -0.05) is 29.3 Å². The van der Waals surface area contributed by atoms with E-state index in [2.05, 4.69) is 15.5 Å². The fraction of sp³-hybridized carbons (Fsp3) is 0.0833. The molecule has 0 saturated heterocycles. The van der Waals surface area contributed by atoms with Crippen molar-refractivity contribution in [2.75, 3.05) is 5.32 Å². The van der Waals surface area contributed by atoms with Crippen molar-refractivity contribution in [3.05, 3.63) is 55.8 Å². The topological polar surface area (TPSA) is 98.0 Å². The first kappa shape index (κ1) is 15.1. The maximum atomic E-state index is 12.1. The standard InChI is InChI=1S/C12H8Cl2N4O3/c1-6-2-3-7(18(20)21)4-9(6)15-12(19)8-5-10(13)16-17-11(8)14/h2-5H,1H3,(H,15,19). The molecule has 0 aliphatic rings. The average Bonchev–Trinajstić information content (AvgIpc) is 2.43. The van der Waals surface area contributed by atoms with Gasteiger partial charge in [-0.25, -0.2) is 0 Å². The first-order chi connectivity index (χ1) is 9.88. The quantitative estimate of drug-likeness (QED) is 0.689. The number of nitrogens with one attached hydrogen (secondary N) is 1. The van der Waals surface area contributed by atoms with Gasteiger partial charge in [-0.3, -0.25) is 14.9 Å². The van der Waals surface area contributed by atoms with Gasteiger partial charge in [0.05, 0.1) is 16.2 Å². The van der Waals surface area contributed by atoms with E-state index >= 15 is 0 Å². The summed E-state index contributed by atoms with van der Waals surface area (Å²) in [4.78, 5) is 22.3. The number of carbonyl (C=O) groups excluding carboxylic acids is 1. The molecule has 1 aromatic heterocycles. The minimum atomic E-state index is -0.583. The van der Waals surface area contributed by atoms with E-state index in [9.17, 15) is 14.9 Å². The van der Waals surface area contributed by atoms with Crippen molar-refractivity contribution in [3.8, 4) is 0 Å². The summed E-state index contributed by atoms with van der Waals surface area (Å²) in [6, 6.07) is 5.41. The Kier molecular flexibility index (Phi) is 4.35. The largest absolute Gasteiger partial charge is 0.321 e. The molecule has 2 rings (SSSR count). The Balaban J connectivity index is 2.33. The molecule has 0 saturated carbocycles. The summed E-state index contributed by atoms with van der Waals surface area (Å²) in [6.45, 7) is 1.71. The molecular formula is C12H8Cl2N4O3. The fourth-order valence-corrected chi connectivity index (χ4v) is 1.89. The fourth-order valence-electron chi connectivity index (χ4n) is 1.56. The van der Waals surface area contributed by atoms with Gasteiger partial charge in [-0.2, -0.15) is 0 Å². The molecule has 108 valence electrons. The van der Waals surface area contributed by atoms with E-state index in [0.717, 1.165) is 0 Å². The Morgan fingerprint density at radius 1 is 1.29 bits per heavy atom. The smallest absolute Gasteiger partial charge is 0.271 e. The third-order valence-corrected chi connectivity index (χ3v) is 3.11. The number of aromatic nitrogens is 2. The summed E-state index contributed by atoms with van der Waals surface area (Å²) in [5.41, 5.74) is 0.867. The highest BCUT2D eigenvalue weighted by Crippen LogP contribution is 2.23. The van der Waals surface area contributed by atoms with Crippen LogP contribution in [0.4, 0.5) is 11.4 Å². The predicted molar refractivity (Wildman–Crippen MR) is 77.8 cm³/mol. The molecule has 0 radical (unpaired) electrons. The lowest BCUT2D eigenvalue weighted by Gasteiger charge is -2.08. The van der Waals surface area contributed by atoms with Crippen LogP contribution in [0.2, 0.25) is 10.3 Å². The summed E-state index contributed by atoms with van der Waals surface area (Å²) < 4.78 is 0. The highest BCUT2D eigenvalue weighted by Gasteiger charge is 2.16. The number of rotatable bonds is 3. The number of carbonyl (C=O) groups is 1. The Morgan fingerprint density at radius 2 is 2.00 bits per heavy atom. The van der Waals surface area contributed by atoms with Crippen molar-refractivity contribution in [2.45, 2.75) is 6.92 Å². The maximum absolute atomic E-state index is 12.1. The van der Waals surface area contributed by atoms with Crippen LogP contribution in [-0.2, 0) is 0 Å². The molecule has 0 spiro atoms. The number of benzene rings is 1. The summed E-state index contributed by atoms with van der Waals surface area (Å²) >= 11 is 11.4. The number of nitrogens with zero attached hydrogens (tertiary/aromatic N) is 3. The molecule has 1 heterocycles. The van der Waals surface area contributed by atoms with Crippen molar-refractivity contribution in [1.29, 1.82) is 0 Å². The lowest BCUT2D eigenvalue weighted by molar-refractivity contribution is -0.384. The first-order valence-electron chi connectivity index (χ1n) is 5.63. The van der Waals surface area contributed by atoms with Crippen LogP contribution in [0.1, 0.15) is 15.9 Å². The van der Waals surface area contributed by atoms with E-state index in [1.165, 1.54) is 24.3 Å². The van der Waals surface area contributed by atoms with Gasteiger partial charge in [0.1, 0.15) is 0 Å². The number of non-ortho nitro benzene ring substituents is 1. The zero-order valence-electron chi connectivity index (χ0n) is 10.6. The second kappa shape index (κ2) is 6.02. The highest BCUT2D eigenvalue weighted by molar-refractivity contribution is 6.34. The van der Waals surface area contributed by atoms with Gasteiger partial charge >= 0.3 is 0 Å². The van der Waals surface area contributed by atoms with Crippen LogP contribution in [0.25, 0.3) is 0 Å². The molecule has 0 fully saturated rings. The van der Waals surface area contributed by atoms with E-state index in [-0.39, 0.29) is 21.6 Å². The van der Waals surface area contributed by atoms with E-state index in [0.29, 0.717) is 11.3 Å². The van der Waals surface area contributed by atoms with Crippen LogP contribution in [0.15, 0.2) is 24.3 Å².